The van der Waals surface area contributed by atoms with Gasteiger partial charge < -0.3 is 10.1 Å². The molecule has 4 rings (SSSR count). The zero-order valence-electron chi connectivity index (χ0n) is 17.8. The molecule has 1 aliphatic rings. The maximum Gasteiger partial charge on any atom is 0.230 e. The molecule has 164 valence electrons. The largest absolute Gasteiger partial charge is 0.379 e. The predicted octanol–water partition coefficient (Wildman–Crippen LogP) is 3.31. The van der Waals surface area contributed by atoms with Crippen LogP contribution in [0, 0.1) is 0 Å². The summed E-state index contributed by atoms with van der Waals surface area (Å²) < 4.78 is 7.45. The number of nitrogens with zero attached hydrogens (tertiary/aromatic N) is 4. The molecule has 0 aliphatic carbocycles. The summed E-state index contributed by atoms with van der Waals surface area (Å²) in [5.41, 5.74) is 0.868. The van der Waals surface area contributed by atoms with Crippen LogP contribution >= 0.6 is 23.1 Å². The fraction of sp³-hybridized carbons (Fsp3) is 0.409. The van der Waals surface area contributed by atoms with Crippen molar-refractivity contribution in [2.45, 2.75) is 24.5 Å². The van der Waals surface area contributed by atoms with Crippen LogP contribution in [0.15, 0.2) is 53.0 Å². The van der Waals surface area contributed by atoms with Crippen molar-refractivity contribution < 1.29 is 9.53 Å². The van der Waals surface area contributed by atoms with Gasteiger partial charge >= 0.3 is 0 Å². The molecule has 0 spiro atoms. The fourth-order valence-corrected chi connectivity index (χ4v) is 5.00. The molecule has 0 atom stereocenters. The van der Waals surface area contributed by atoms with Crippen molar-refractivity contribution in [3.63, 3.8) is 0 Å². The van der Waals surface area contributed by atoms with Crippen LogP contribution in [0.1, 0.15) is 13.8 Å². The molecule has 3 heterocycles. The van der Waals surface area contributed by atoms with Crippen LogP contribution in [-0.2, 0) is 9.53 Å². The van der Waals surface area contributed by atoms with E-state index in [-0.39, 0.29) is 17.2 Å². The zero-order chi connectivity index (χ0) is 21.7. The number of hydrogen-bond acceptors (Lipinski definition) is 7. The van der Waals surface area contributed by atoms with Crippen LogP contribution in [0.3, 0.4) is 0 Å². The lowest BCUT2D eigenvalue weighted by atomic mass is 10.0. The number of ether oxygens (including phenoxy) is 1. The van der Waals surface area contributed by atoms with Crippen LogP contribution in [-0.4, -0.2) is 69.7 Å². The average Bonchev–Trinajstić information content (AvgIpc) is 3.47. The standard InChI is InChI=1S/C22H27N5O2S2/c1-22(2,26-10-12-29-13-11-26)16-23-19(28)15-31-21-25-24-20(18-9-6-14-30-18)27(21)17-7-4-3-5-8-17/h3-9,14H,10-13,15-16H2,1-2H3,(H,23,28). The molecule has 1 fully saturated rings. The summed E-state index contributed by atoms with van der Waals surface area (Å²) in [6.45, 7) is 8.19. The molecule has 0 bridgehead atoms. The van der Waals surface area contributed by atoms with Gasteiger partial charge in [-0.3, -0.25) is 14.3 Å². The molecule has 2 aromatic heterocycles. The van der Waals surface area contributed by atoms with Crippen molar-refractivity contribution in [2.75, 3.05) is 38.6 Å². The number of aromatic nitrogens is 3. The highest BCUT2D eigenvalue weighted by atomic mass is 32.2. The number of nitrogens with one attached hydrogen (secondary N) is 1. The number of thioether (sulfide) groups is 1. The highest BCUT2D eigenvalue weighted by Gasteiger charge is 2.28. The summed E-state index contributed by atoms with van der Waals surface area (Å²) >= 11 is 3.02. The van der Waals surface area contributed by atoms with Crippen molar-refractivity contribution in [2.24, 2.45) is 0 Å². The summed E-state index contributed by atoms with van der Waals surface area (Å²) in [5.74, 6) is 1.07. The number of rotatable bonds is 8. The first kappa shape index (κ1) is 22.0. The Bertz CT molecular complexity index is 983. The molecule has 1 aliphatic heterocycles. The third-order valence-electron chi connectivity index (χ3n) is 5.31. The van der Waals surface area contributed by atoms with E-state index >= 15 is 0 Å². The molecule has 7 nitrogen and oxygen atoms in total. The van der Waals surface area contributed by atoms with Gasteiger partial charge in [-0.15, -0.1) is 21.5 Å². The molecule has 1 saturated heterocycles. The summed E-state index contributed by atoms with van der Waals surface area (Å²) in [6.07, 6.45) is 0. The number of para-hydroxylation sites is 1. The molecule has 0 radical (unpaired) electrons. The Morgan fingerprint density at radius 1 is 1.16 bits per heavy atom. The van der Waals surface area contributed by atoms with Crippen molar-refractivity contribution in [3.05, 3.63) is 47.8 Å². The minimum atomic E-state index is -0.111. The topological polar surface area (TPSA) is 72.3 Å². The van der Waals surface area contributed by atoms with Crippen molar-refractivity contribution in [1.82, 2.24) is 25.0 Å². The number of carbonyl (C=O) groups excluding carboxylic acids is 1. The van der Waals surface area contributed by atoms with Gasteiger partial charge in [-0.05, 0) is 37.4 Å². The van der Waals surface area contributed by atoms with E-state index in [4.69, 9.17) is 4.74 Å². The number of amides is 1. The van der Waals surface area contributed by atoms with E-state index in [0.717, 1.165) is 42.7 Å². The van der Waals surface area contributed by atoms with Crippen molar-refractivity contribution in [1.29, 1.82) is 0 Å². The van der Waals surface area contributed by atoms with Crippen LogP contribution in [0.4, 0.5) is 0 Å². The molecule has 9 heteroatoms. The molecule has 3 aromatic rings. The SMILES string of the molecule is CC(C)(CNC(=O)CSc1nnc(-c2cccs2)n1-c1ccccc1)N1CCOCC1. The molecule has 31 heavy (non-hydrogen) atoms. The minimum absolute atomic E-state index is 0.00776. The average molecular weight is 458 g/mol. The smallest absolute Gasteiger partial charge is 0.230 e. The number of carbonyl (C=O) groups is 1. The van der Waals surface area contributed by atoms with E-state index in [1.807, 2.05) is 52.4 Å². The Hall–Kier alpha value is -2.20. The maximum absolute atomic E-state index is 12.6. The van der Waals surface area contributed by atoms with Gasteiger partial charge in [0.2, 0.25) is 5.91 Å². The van der Waals surface area contributed by atoms with Gasteiger partial charge in [-0.1, -0.05) is 36.0 Å². The highest BCUT2D eigenvalue weighted by molar-refractivity contribution is 7.99. The lowest BCUT2D eigenvalue weighted by Gasteiger charge is -2.40. The van der Waals surface area contributed by atoms with Gasteiger partial charge in [0.25, 0.3) is 0 Å². The van der Waals surface area contributed by atoms with E-state index < -0.39 is 0 Å². The normalized spacial score (nSPS) is 15.2. The fourth-order valence-electron chi connectivity index (χ4n) is 3.52. The van der Waals surface area contributed by atoms with E-state index in [9.17, 15) is 4.79 Å². The van der Waals surface area contributed by atoms with E-state index in [2.05, 4.69) is 34.3 Å². The lowest BCUT2D eigenvalue weighted by molar-refractivity contribution is -0.119. The quantitative estimate of drug-likeness (QED) is 0.523. The van der Waals surface area contributed by atoms with Gasteiger partial charge in [0, 0.05) is 30.9 Å². The molecular weight excluding hydrogens is 430 g/mol. The summed E-state index contributed by atoms with van der Waals surface area (Å²) in [6, 6.07) is 14.0. The second-order valence-corrected chi connectivity index (χ2v) is 9.82. The van der Waals surface area contributed by atoms with E-state index in [0.29, 0.717) is 11.7 Å². The number of hydrogen-bond donors (Lipinski definition) is 1. The second kappa shape index (κ2) is 9.95. The van der Waals surface area contributed by atoms with Gasteiger partial charge in [-0.25, -0.2) is 0 Å². The Balaban J connectivity index is 1.42. The predicted molar refractivity (Wildman–Crippen MR) is 125 cm³/mol. The Morgan fingerprint density at radius 2 is 1.94 bits per heavy atom. The number of benzene rings is 1. The number of thiophene rings is 1. The van der Waals surface area contributed by atoms with Crippen LogP contribution in [0.25, 0.3) is 16.4 Å². The van der Waals surface area contributed by atoms with Crippen LogP contribution in [0.2, 0.25) is 0 Å². The maximum atomic E-state index is 12.6. The monoisotopic (exact) mass is 457 g/mol. The summed E-state index contributed by atoms with van der Waals surface area (Å²) in [4.78, 5) is 16.0. The highest BCUT2D eigenvalue weighted by Crippen LogP contribution is 2.30. The lowest BCUT2D eigenvalue weighted by Crippen LogP contribution is -2.55. The van der Waals surface area contributed by atoms with Crippen molar-refractivity contribution >= 4 is 29.0 Å². The van der Waals surface area contributed by atoms with Crippen LogP contribution in [0.5, 0.6) is 0 Å². The third-order valence-corrected chi connectivity index (χ3v) is 7.10. The first-order valence-corrected chi connectivity index (χ1v) is 12.2. The van der Waals surface area contributed by atoms with Crippen molar-refractivity contribution in [3.8, 4) is 16.4 Å². The first-order chi connectivity index (χ1) is 15.0. The molecule has 1 N–H and O–H groups in total. The Morgan fingerprint density at radius 3 is 2.65 bits per heavy atom. The molecular formula is C22H27N5O2S2. The molecule has 0 saturated carbocycles. The summed E-state index contributed by atoms with van der Waals surface area (Å²) in [7, 11) is 0. The van der Waals surface area contributed by atoms with Crippen LogP contribution < -0.4 is 5.32 Å². The Labute approximate surface area is 190 Å². The van der Waals surface area contributed by atoms with Gasteiger partial charge in [0.1, 0.15) is 0 Å². The molecule has 0 unspecified atom stereocenters. The molecule has 1 amide bonds. The van der Waals surface area contributed by atoms with E-state index in [1.165, 1.54) is 11.8 Å². The number of morpholine rings is 1. The zero-order valence-corrected chi connectivity index (χ0v) is 19.4. The first-order valence-electron chi connectivity index (χ1n) is 10.3. The van der Waals surface area contributed by atoms with Gasteiger partial charge in [-0.2, -0.15) is 0 Å². The van der Waals surface area contributed by atoms with E-state index in [1.54, 1.807) is 11.3 Å². The third kappa shape index (κ3) is 5.35. The van der Waals surface area contributed by atoms with Gasteiger partial charge in [0.15, 0.2) is 11.0 Å². The summed E-state index contributed by atoms with van der Waals surface area (Å²) in [5, 5.41) is 14.6. The second-order valence-electron chi connectivity index (χ2n) is 7.93. The van der Waals surface area contributed by atoms with Gasteiger partial charge in [0.05, 0.1) is 23.8 Å². The Kier molecular flexibility index (Phi) is 7.06. The minimum Gasteiger partial charge on any atom is -0.379 e. The molecule has 1 aromatic carbocycles.